The minimum absolute atomic E-state index is 0.0686. The minimum Gasteiger partial charge on any atom is -0.496 e. The number of aliphatic hydroxyl groups is 1. The van der Waals surface area contributed by atoms with E-state index in [-0.39, 0.29) is 18.9 Å². The molecule has 2 rings (SSSR count). The molecule has 0 aliphatic carbocycles. The number of benzene rings is 1. The second-order valence-corrected chi connectivity index (χ2v) is 4.84. The fraction of sp³-hybridized carbons (Fsp3) is 0.267. The van der Waals surface area contributed by atoms with E-state index < -0.39 is 6.10 Å². The van der Waals surface area contributed by atoms with Gasteiger partial charge in [-0.3, -0.25) is 4.79 Å². The number of ether oxygens (including phenoxy) is 1. The van der Waals surface area contributed by atoms with E-state index in [4.69, 9.17) is 20.8 Å². The van der Waals surface area contributed by atoms with Gasteiger partial charge in [-0.2, -0.15) is 0 Å². The number of carbonyl (C=O) groups excluding carboxylic acids is 1. The maximum absolute atomic E-state index is 11.9. The van der Waals surface area contributed by atoms with Gasteiger partial charge in [-0.05, 0) is 24.3 Å². The zero-order chi connectivity index (χ0) is 15.2. The predicted molar refractivity (Wildman–Crippen MR) is 78.4 cm³/mol. The van der Waals surface area contributed by atoms with Gasteiger partial charge >= 0.3 is 0 Å². The molecule has 2 aromatic rings. The smallest absolute Gasteiger partial charge is 0.224 e. The molecule has 0 bridgehead atoms. The van der Waals surface area contributed by atoms with Crippen molar-refractivity contribution in [2.24, 2.45) is 0 Å². The SMILES string of the molecule is COc1cccc(Cl)c1CC(=O)NC[C@@H](O)c1ccco1. The minimum atomic E-state index is -0.878. The van der Waals surface area contributed by atoms with Crippen LogP contribution in [0.15, 0.2) is 41.0 Å². The van der Waals surface area contributed by atoms with Gasteiger partial charge in [0.15, 0.2) is 0 Å². The maximum atomic E-state index is 11.9. The van der Waals surface area contributed by atoms with Gasteiger partial charge in [-0.1, -0.05) is 17.7 Å². The van der Waals surface area contributed by atoms with E-state index in [1.54, 1.807) is 30.3 Å². The third kappa shape index (κ3) is 4.00. The molecule has 0 radical (unpaired) electrons. The number of carbonyl (C=O) groups is 1. The molecule has 5 nitrogen and oxygen atoms in total. The number of rotatable bonds is 6. The molecule has 1 heterocycles. The Morgan fingerprint density at radius 3 is 2.90 bits per heavy atom. The van der Waals surface area contributed by atoms with Crippen molar-refractivity contribution in [3.8, 4) is 5.75 Å². The summed E-state index contributed by atoms with van der Waals surface area (Å²) in [6.45, 7) is 0.0686. The molecule has 1 aromatic heterocycles. The molecule has 0 spiro atoms. The predicted octanol–water partition coefficient (Wildman–Crippen LogP) is 2.33. The third-order valence-corrected chi connectivity index (χ3v) is 3.35. The van der Waals surface area contributed by atoms with Gasteiger partial charge in [0.1, 0.15) is 17.6 Å². The average Bonchev–Trinajstić information content (AvgIpc) is 3.01. The summed E-state index contributed by atoms with van der Waals surface area (Å²) < 4.78 is 10.2. The van der Waals surface area contributed by atoms with E-state index in [0.29, 0.717) is 22.1 Å². The van der Waals surface area contributed by atoms with E-state index in [2.05, 4.69) is 5.32 Å². The van der Waals surface area contributed by atoms with Gasteiger partial charge < -0.3 is 19.6 Å². The summed E-state index contributed by atoms with van der Waals surface area (Å²) >= 11 is 6.07. The van der Waals surface area contributed by atoms with Crippen molar-refractivity contribution in [3.05, 3.63) is 52.9 Å². The normalized spacial score (nSPS) is 12.0. The van der Waals surface area contributed by atoms with Gasteiger partial charge in [0.2, 0.25) is 5.91 Å². The summed E-state index contributed by atoms with van der Waals surface area (Å²) in [6.07, 6.45) is 0.667. The van der Waals surface area contributed by atoms with Gasteiger partial charge in [-0.15, -0.1) is 0 Å². The summed E-state index contributed by atoms with van der Waals surface area (Å²) in [6, 6.07) is 8.52. The number of amides is 1. The van der Waals surface area contributed by atoms with Crippen LogP contribution >= 0.6 is 11.6 Å². The molecule has 0 aliphatic heterocycles. The Balaban J connectivity index is 1.93. The van der Waals surface area contributed by atoms with Crippen LogP contribution in [-0.2, 0) is 11.2 Å². The highest BCUT2D eigenvalue weighted by molar-refractivity contribution is 6.31. The molecule has 0 saturated carbocycles. The number of aliphatic hydroxyl groups excluding tert-OH is 1. The molecule has 6 heteroatoms. The largest absolute Gasteiger partial charge is 0.496 e. The molecule has 0 aliphatic rings. The van der Waals surface area contributed by atoms with Crippen LogP contribution in [0.5, 0.6) is 5.75 Å². The van der Waals surface area contributed by atoms with Crippen LogP contribution in [-0.4, -0.2) is 24.7 Å². The van der Waals surface area contributed by atoms with E-state index in [1.165, 1.54) is 13.4 Å². The number of nitrogens with one attached hydrogen (secondary N) is 1. The third-order valence-electron chi connectivity index (χ3n) is 3.00. The van der Waals surface area contributed by atoms with Gasteiger partial charge in [-0.25, -0.2) is 0 Å². The van der Waals surface area contributed by atoms with Crippen LogP contribution in [0.4, 0.5) is 0 Å². The molecule has 0 saturated heterocycles. The first-order chi connectivity index (χ1) is 10.1. The molecule has 0 unspecified atom stereocenters. The van der Waals surface area contributed by atoms with E-state index in [9.17, 15) is 9.90 Å². The molecule has 1 atom stereocenters. The fourth-order valence-corrected chi connectivity index (χ4v) is 2.15. The Labute approximate surface area is 127 Å². The summed E-state index contributed by atoms with van der Waals surface area (Å²) in [7, 11) is 1.52. The molecular weight excluding hydrogens is 294 g/mol. The lowest BCUT2D eigenvalue weighted by Gasteiger charge is -2.12. The van der Waals surface area contributed by atoms with Crippen molar-refractivity contribution in [3.63, 3.8) is 0 Å². The Morgan fingerprint density at radius 1 is 1.43 bits per heavy atom. The van der Waals surface area contributed by atoms with Crippen LogP contribution in [0.3, 0.4) is 0 Å². The lowest BCUT2D eigenvalue weighted by atomic mass is 10.1. The summed E-state index contributed by atoms with van der Waals surface area (Å²) in [5, 5.41) is 12.9. The molecule has 21 heavy (non-hydrogen) atoms. The van der Waals surface area contributed by atoms with E-state index >= 15 is 0 Å². The first kappa shape index (κ1) is 15.4. The number of furan rings is 1. The van der Waals surface area contributed by atoms with Crippen LogP contribution < -0.4 is 10.1 Å². The Morgan fingerprint density at radius 2 is 2.24 bits per heavy atom. The number of methoxy groups -OCH3 is 1. The number of halogens is 1. The monoisotopic (exact) mass is 309 g/mol. The maximum Gasteiger partial charge on any atom is 0.224 e. The van der Waals surface area contributed by atoms with Crippen LogP contribution in [0.1, 0.15) is 17.4 Å². The Bertz CT molecular complexity index is 598. The quantitative estimate of drug-likeness (QED) is 0.859. The first-order valence-corrected chi connectivity index (χ1v) is 6.79. The van der Waals surface area contributed by atoms with Crippen molar-refractivity contribution in [1.29, 1.82) is 0 Å². The van der Waals surface area contributed by atoms with Crippen molar-refractivity contribution in [2.75, 3.05) is 13.7 Å². The molecular formula is C15H16ClNO4. The van der Waals surface area contributed by atoms with Gasteiger partial charge in [0.05, 0.1) is 26.3 Å². The highest BCUT2D eigenvalue weighted by atomic mass is 35.5. The molecule has 1 aromatic carbocycles. The van der Waals surface area contributed by atoms with Crippen LogP contribution in [0.2, 0.25) is 5.02 Å². The molecule has 0 fully saturated rings. The van der Waals surface area contributed by atoms with E-state index in [1.807, 2.05) is 0 Å². The van der Waals surface area contributed by atoms with Crippen molar-refractivity contribution < 1.29 is 19.1 Å². The Hall–Kier alpha value is -1.98. The Kier molecular flexibility index (Phi) is 5.25. The van der Waals surface area contributed by atoms with Gasteiger partial charge in [0, 0.05) is 10.6 Å². The fourth-order valence-electron chi connectivity index (χ4n) is 1.92. The van der Waals surface area contributed by atoms with Crippen molar-refractivity contribution in [2.45, 2.75) is 12.5 Å². The molecule has 112 valence electrons. The summed E-state index contributed by atoms with van der Waals surface area (Å²) in [5.41, 5.74) is 0.617. The van der Waals surface area contributed by atoms with E-state index in [0.717, 1.165) is 0 Å². The summed E-state index contributed by atoms with van der Waals surface area (Å²) in [5.74, 6) is 0.710. The average molecular weight is 310 g/mol. The summed E-state index contributed by atoms with van der Waals surface area (Å²) in [4.78, 5) is 11.9. The highest BCUT2D eigenvalue weighted by Gasteiger charge is 2.15. The van der Waals surface area contributed by atoms with Gasteiger partial charge in [0.25, 0.3) is 0 Å². The number of hydrogen-bond donors (Lipinski definition) is 2. The second-order valence-electron chi connectivity index (χ2n) is 4.43. The lowest BCUT2D eigenvalue weighted by Crippen LogP contribution is -2.29. The molecule has 2 N–H and O–H groups in total. The molecule has 1 amide bonds. The zero-order valence-corrected chi connectivity index (χ0v) is 12.3. The standard InChI is InChI=1S/C15H16ClNO4/c1-20-13-5-2-4-11(16)10(13)8-15(19)17-9-12(18)14-6-3-7-21-14/h2-7,12,18H,8-9H2,1H3,(H,17,19)/t12-/m1/s1. The highest BCUT2D eigenvalue weighted by Crippen LogP contribution is 2.26. The topological polar surface area (TPSA) is 71.7 Å². The van der Waals surface area contributed by atoms with Crippen molar-refractivity contribution >= 4 is 17.5 Å². The van der Waals surface area contributed by atoms with Crippen molar-refractivity contribution in [1.82, 2.24) is 5.32 Å². The lowest BCUT2D eigenvalue weighted by molar-refractivity contribution is -0.121. The van der Waals surface area contributed by atoms with Crippen LogP contribution in [0.25, 0.3) is 0 Å². The van der Waals surface area contributed by atoms with Crippen LogP contribution in [0, 0.1) is 0 Å². The second kappa shape index (κ2) is 7.15. The zero-order valence-electron chi connectivity index (χ0n) is 11.5. The number of hydrogen-bond acceptors (Lipinski definition) is 4. The first-order valence-electron chi connectivity index (χ1n) is 6.41.